The Morgan fingerprint density at radius 3 is 2.43 bits per heavy atom. The lowest BCUT2D eigenvalue weighted by Crippen LogP contribution is -2.54. The van der Waals surface area contributed by atoms with Crippen molar-refractivity contribution in [3.05, 3.63) is 71.0 Å². The van der Waals surface area contributed by atoms with Crippen molar-refractivity contribution in [1.29, 1.82) is 0 Å². The van der Waals surface area contributed by atoms with E-state index in [1.54, 1.807) is 28.0 Å². The highest BCUT2D eigenvalue weighted by molar-refractivity contribution is 5.96. The summed E-state index contributed by atoms with van der Waals surface area (Å²) in [6, 6.07) is 12.7. The van der Waals surface area contributed by atoms with Gasteiger partial charge in [-0.25, -0.2) is 9.18 Å². The van der Waals surface area contributed by atoms with Crippen LogP contribution < -0.4 is 0 Å². The number of esters is 1. The van der Waals surface area contributed by atoms with Crippen molar-refractivity contribution in [2.45, 2.75) is 12.5 Å². The molecular weight excluding hydrogens is 363 g/mol. The van der Waals surface area contributed by atoms with Gasteiger partial charge < -0.3 is 14.5 Å². The third kappa shape index (κ3) is 3.47. The first kappa shape index (κ1) is 18.2. The number of ether oxygens (including phenoxy) is 1. The molecule has 1 fully saturated rings. The van der Waals surface area contributed by atoms with E-state index in [9.17, 15) is 18.8 Å². The van der Waals surface area contributed by atoms with E-state index in [2.05, 4.69) is 0 Å². The standard InChI is InChI=1S/C21H19FN2O4/c22-16-6-3-5-15(12-16)19(25)23-8-10-24(11-9-23)20(26)18-13-14-4-1-2-7-17(14)21(27)28-18/h1-7,12,18H,8-11,13H2. The number of nitrogens with zero attached hydrogens (tertiary/aromatic N) is 2. The van der Waals surface area contributed by atoms with Crippen LogP contribution in [0, 0.1) is 5.82 Å². The molecule has 0 aliphatic carbocycles. The molecule has 0 aromatic heterocycles. The molecule has 4 rings (SSSR count). The average molecular weight is 382 g/mol. The minimum atomic E-state index is -0.840. The molecule has 1 atom stereocenters. The number of piperazine rings is 1. The number of halogens is 1. The Bertz CT molecular complexity index is 938. The fourth-order valence-corrected chi connectivity index (χ4v) is 3.61. The van der Waals surface area contributed by atoms with E-state index in [-0.39, 0.29) is 17.4 Å². The van der Waals surface area contributed by atoms with Gasteiger partial charge in [0.2, 0.25) is 0 Å². The first-order valence-corrected chi connectivity index (χ1v) is 9.15. The van der Waals surface area contributed by atoms with Crippen LogP contribution >= 0.6 is 0 Å². The predicted octanol–water partition coefficient (Wildman–Crippen LogP) is 1.89. The molecular formula is C21H19FN2O4. The van der Waals surface area contributed by atoms with Gasteiger partial charge in [-0.2, -0.15) is 0 Å². The van der Waals surface area contributed by atoms with Gasteiger partial charge in [-0.15, -0.1) is 0 Å². The molecule has 0 radical (unpaired) electrons. The molecule has 144 valence electrons. The lowest BCUT2D eigenvalue weighted by atomic mass is 9.98. The van der Waals surface area contributed by atoms with Crippen molar-refractivity contribution in [1.82, 2.24) is 9.80 Å². The van der Waals surface area contributed by atoms with Gasteiger partial charge in [-0.1, -0.05) is 24.3 Å². The van der Waals surface area contributed by atoms with Gasteiger partial charge in [0.25, 0.3) is 11.8 Å². The number of carbonyl (C=O) groups excluding carboxylic acids is 3. The molecule has 0 bridgehead atoms. The highest BCUT2D eigenvalue weighted by atomic mass is 19.1. The largest absolute Gasteiger partial charge is 0.448 e. The van der Waals surface area contributed by atoms with Crippen LogP contribution in [0.3, 0.4) is 0 Å². The van der Waals surface area contributed by atoms with Gasteiger partial charge in [-0.05, 0) is 29.8 Å². The molecule has 7 heteroatoms. The van der Waals surface area contributed by atoms with Crippen molar-refractivity contribution in [3.8, 4) is 0 Å². The zero-order valence-corrected chi connectivity index (χ0v) is 15.1. The Balaban J connectivity index is 1.38. The van der Waals surface area contributed by atoms with Gasteiger partial charge in [0.15, 0.2) is 6.10 Å². The third-order valence-corrected chi connectivity index (χ3v) is 5.12. The van der Waals surface area contributed by atoms with Gasteiger partial charge in [0.05, 0.1) is 5.56 Å². The summed E-state index contributed by atoms with van der Waals surface area (Å²) in [7, 11) is 0. The summed E-state index contributed by atoms with van der Waals surface area (Å²) in [4.78, 5) is 40.6. The summed E-state index contributed by atoms with van der Waals surface area (Å²) in [5.41, 5.74) is 1.59. The van der Waals surface area contributed by atoms with Gasteiger partial charge >= 0.3 is 5.97 Å². The van der Waals surface area contributed by atoms with E-state index in [0.29, 0.717) is 38.2 Å². The summed E-state index contributed by atoms with van der Waals surface area (Å²) in [6.07, 6.45) is -0.490. The maximum atomic E-state index is 13.3. The summed E-state index contributed by atoms with van der Waals surface area (Å²) in [5.74, 6) is -1.45. The number of rotatable bonds is 2. The van der Waals surface area contributed by atoms with E-state index >= 15 is 0 Å². The summed E-state index contributed by atoms with van der Waals surface area (Å²) in [6.45, 7) is 1.38. The van der Waals surface area contributed by atoms with E-state index in [1.165, 1.54) is 18.2 Å². The number of fused-ring (bicyclic) bond motifs is 1. The summed E-state index contributed by atoms with van der Waals surface area (Å²) < 4.78 is 18.7. The van der Waals surface area contributed by atoms with Gasteiger partial charge in [0, 0.05) is 38.2 Å². The van der Waals surface area contributed by atoms with Crippen molar-refractivity contribution in [2.75, 3.05) is 26.2 Å². The molecule has 2 aliphatic heterocycles. The number of hydrogen-bond acceptors (Lipinski definition) is 4. The molecule has 2 amide bonds. The van der Waals surface area contributed by atoms with Crippen molar-refractivity contribution in [2.24, 2.45) is 0 Å². The minimum Gasteiger partial charge on any atom is -0.448 e. The van der Waals surface area contributed by atoms with E-state index in [4.69, 9.17) is 4.74 Å². The first-order chi connectivity index (χ1) is 13.5. The second-order valence-electron chi connectivity index (χ2n) is 6.88. The SMILES string of the molecule is O=C1OC(C(=O)N2CCN(C(=O)c3cccc(F)c3)CC2)Cc2ccccc21. The van der Waals surface area contributed by atoms with Gasteiger partial charge in [0.1, 0.15) is 5.82 Å². The maximum Gasteiger partial charge on any atom is 0.339 e. The summed E-state index contributed by atoms with van der Waals surface area (Å²) in [5, 5.41) is 0. The first-order valence-electron chi connectivity index (χ1n) is 9.15. The second kappa shape index (κ2) is 7.42. The molecule has 0 saturated carbocycles. The second-order valence-corrected chi connectivity index (χ2v) is 6.88. The van der Waals surface area contributed by atoms with Crippen molar-refractivity contribution < 1.29 is 23.5 Å². The highest BCUT2D eigenvalue weighted by Gasteiger charge is 2.35. The zero-order valence-electron chi connectivity index (χ0n) is 15.1. The Kier molecular flexibility index (Phi) is 4.81. The number of benzene rings is 2. The average Bonchev–Trinajstić information content (AvgIpc) is 2.73. The molecule has 1 unspecified atom stereocenters. The Hall–Kier alpha value is -3.22. The van der Waals surface area contributed by atoms with E-state index in [1.807, 2.05) is 12.1 Å². The maximum absolute atomic E-state index is 13.3. The third-order valence-electron chi connectivity index (χ3n) is 5.12. The lowest BCUT2D eigenvalue weighted by Gasteiger charge is -2.37. The van der Waals surface area contributed by atoms with Crippen molar-refractivity contribution in [3.63, 3.8) is 0 Å². The molecule has 2 heterocycles. The van der Waals surface area contributed by atoms with Crippen LogP contribution in [0.5, 0.6) is 0 Å². The number of carbonyl (C=O) groups is 3. The lowest BCUT2D eigenvalue weighted by molar-refractivity contribution is -0.142. The Morgan fingerprint density at radius 2 is 1.68 bits per heavy atom. The topological polar surface area (TPSA) is 66.9 Å². The van der Waals surface area contributed by atoms with Gasteiger partial charge in [-0.3, -0.25) is 9.59 Å². The number of hydrogen-bond donors (Lipinski definition) is 0. The van der Waals surface area contributed by atoms with Crippen LogP contribution in [0.2, 0.25) is 0 Å². The number of cyclic esters (lactones) is 1. The molecule has 28 heavy (non-hydrogen) atoms. The smallest absolute Gasteiger partial charge is 0.339 e. The van der Waals surface area contributed by atoms with Crippen LogP contribution in [-0.2, 0) is 16.0 Å². The highest BCUT2D eigenvalue weighted by Crippen LogP contribution is 2.22. The van der Waals surface area contributed by atoms with Crippen molar-refractivity contribution >= 4 is 17.8 Å². The fraction of sp³-hybridized carbons (Fsp3) is 0.286. The molecule has 2 aromatic rings. The predicted molar refractivity (Wildman–Crippen MR) is 98.2 cm³/mol. The summed E-state index contributed by atoms with van der Waals surface area (Å²) >= 11 is 0. The molecule has 2 aliphatic rings. The normalized spacial score (nSPS) is 19.0. The molecule has 6 nitrogen and oxygen atoms in total. The zero-order chi connectivity index (χ0) is 19.7. The number of amides is 2. The Labute approximate surface area is 161 Å². The molecule has 1 saturated heterocycles. The van der Waals surface area contributed by atoms with E-state index < -0.39 is 17.9 Å². The Morgan fingerprint density at radius 1 is 0.964 bits per heavy atom. The molecule has 0 spiro atoms. The van der Waals surface area contributed by atoms with Crippen LogP contribution in [0.15, 0.2) is 48.5 Å². The molecule has 2 aromatic carbocycles. The molecule has 0 N–H and O–H groups in total. The van der Waals surface area contributed by atoms with Crippen LogP contribution in [-0.4, -0.2) is 59.9 Å². The monoisotopic (exact) mass is 382 g/mol. The van der Waals surface area contributed by atoms with Crippen LogP contribution in [0.4, 0.5) is 4.39 Å². The van der Waals surface area contributed by atoms with E-state index in [0.717, 1.165) is 5.56 Å². The van der Waals surface area contributed by atoms with Crippen LogP contribution in [0.25, 0.3) is 0 Å². The quantitative estimate of drug-likeness (QED) is 0.744. The van der Waals surface area contributed by atoms with Crippen LogP contribution in [0.1, 0.15) is 26.3 Å². The minimum absolute atomic E-state index is 0.249. The fourth-order valence-electron chi connectivity index (χ4n) is 3.61.